The summed E-state index contributed by atoms with van der Waals surface area (Å²) < 4.78 is 1.58. The minimum atomic E-state index is -1.11. The second-order valence-corrected chi connectivity index (χ2v) is 9.18. The Kier molecular flexibility index (Phi) is 7.50. The first-order valence-corrected chi connectivity index (χ1v) is 11.0. The molecule has 8 heteroatoms. The minimum absolute atomic E-state index is 0.337. The summed E-state index contributed by atoms with van der Waals surface area (Å²) in [5.41, 5.74) is 3.06. The molecule has 0 bridgehead atoms. The third kappa shape index (κ3) is 5.89. The van der Waals surface area contributed by atoms with Crippen LogP contribution < -0.4 is 10.6 Å². The van der Waals surface area contributed by atoms with Crippen LogP contribution in [0.1, 0.15) is 33.2 Å². The van der Waals surface area contributed by atoms with E-state index in [1.807, 2.05) is 69.3 Å². The minimum Gasteiger partial charge on any atom is -0.481 e. The average Bonchev–Trinajstić information content (AvgIpc) is 3.30. The molecule has 34 heavy (non-hydrogen) atoms. The van der Waals surface area contributed by atoms with Gasteiger partial charge in [0, 0.05) is 31.2 Å². The monoisotopic (exact) mass is 462 g/mol. The van der Waals surface area contributed by atoms with Gasteiger partial charge in [-0.05, 0) is 34.7 Å². The third-order valence-electron chi connectivity index (χ3n) is 5.58. The Bertz CT molecular complexity index is 1150. The first kappa shape index (κ1) is 24.7. The molecule has 3 aromatic rings. The molecule has 8 nitrogen and oxygen atoms in total. The van der Waals surface area contributed by atoms with Crippen LogP contribution in [0.5, 0.6) is 0 Å². The van der Waals surface area contributed by atoms with Crippen LogP contribution >= 0.6 is 0 Å². The Hall–Kier alpha value is -3.94. The smallest absolute Gasteiger partial charge is 0.306 e. The molecule has 0 aliphatic carbocycles. The number of pyridine rings is 1. The van der Waals surface area contributed by atoms with Gasteiger partial charge in [0.2, 0.25) is 11.8 Å². The summed E-state index contributed by atoms with van der Waals surface area (Å²) in [4.78, 5) is 41.3. The number of carbonyl (C=O) groups excluding carboxylic acids is 2. The van der Waals surface area contributed by atoms with E-state index in [1.54, 1.807) is 23.2 Å². The second-order valence-electron chi connectivity index (χ2n) is 9.18. The molecule has 2 amide bonds. The van der Waals surface area contributed by atoms with Crippen LogP contribution in [0.25, 0.3) is 22.4 Å². The number of aromatic nitrogens is 2. The highest BCUT2D eigenvalue weighted by molar-refractivity contribution is 5.91. The fourth-order valence-electron chi connectivity index (χ4n) is 3.70. The van der Waals surface area contributed by atoms with Gasteiger partial charge >= 0.3 is 5.97 Å². The highest BCUT2D eigenvalue weighted by atomic mass is 16.4. The lowest BCUT2D eigenvalue weighted by molar-refractivity contribution is -0.141. The predicted octanol–water partition coefficient (Wildman–Crippen LogP) is 3.51. The van der Waals surface area contributed by atoms with E-state index in [2.05, 4.69) is 15.6 Å². The van der Waals surface area contributed by atoms with Crippen molar-refractivity contribution in [2.75, 3.05) is 7.05 Å². The molecule has 3 rings (SSSR count). The fraction of sp³-hybridized carbons (Fsp3) is 0.308. The topological polar surface area (TPSA) is 113 Å². The molecule has 1 aromatic carbocycles. The van der Waals surface area contributed by atoms with Crippen LogP contribution in [0.3, 0.4) is 0 Å². The molecule has 0 saturated heterocycles. The summed E-state index contributed by atoms with van der Waals surface area (Å²) in [5.74, 6) is -1.97. The van der Waals surface area contributed by atoms with Crippen LogP contribution in [-0.4, -0.2) is 45.5 Å². The number of carboxylic acid groups (broad SMARTS) is 1. The number of hydrogen-bond donors (Lipinski definition) is 3. The van der Waals surface area contributed by atoms with E-state index >= 15 is 0 Å². The van der Waals surface area contributed by atoms with Crippen molar-refractivity contribution >= 4 is 17.8 Å². The van der Waals surface area contributed by atoms with E-state index in [1.165, 1.54) is 7.05 Å². The highest BCUT2D eigenvalue weighted by Crippen LogP contribution is 2.27. The lowest BCUT2D eigenvalue weighted by Gasteiger charge is -2.31. The van der Waals surface area contributed by atoms with Gasteiger partial charge < -0.3 is 20.3 Å². The second kappa shape index (κ2) is 10.3. The molecule has 178 valence electrons. The summed E-state index contributed by atoms with van der Waals surface area (Å²) in [6, 6.07) is 13.6. The molecule has 0 fully saturated rings. The van der Waals surface area contributed by atoms with Gasteiger partial charge in [0.1, 0.15) is 12.1 Å². The number of benzene rings is 1. The zero-order chi connectivity index (χ0) is 24.9. The van der Waals surface area contributed by atoms with Gasteiger partial charge in [-0.25, -0.2) is 0 Å². The highest BCUT2D eigenvalue weighted by Gasteiger charge is 2.35. The molecule has 0 saturated carbocycles. The molecule has 2 heterocycles. The number of hydrogen-bond acceptors (Lipinski definition) is 4. The fourth-order valence-corrected chi connectivity index (χ4v) is 3.70. The number of aliphatic carboxylic acids is 1. The molecular formula is C26H30N4O4. The molecule has 3 N–H and O–H groups in total. The van der Waals surface area contributed by atoms with Gasteiger partial charge in [0.05, 0.1) is 12.1 Å². The van der Waals surface area contributed by atoms with E-state index < -0.39 is 35.8 Å². The molecule has 0 aliphatic heterocycles. The summed E-state index contributed by atoms with van der Waals surface area (Å²) >= 11 is 0. The Morgan fingerprint density at radius 1 is 0.971 bits per heavy atom. The largest absolute Gasteiger partial charge is 0.481 e. The number of rotatable bonds is 8. The van der Waals surface area contributed by atoms with E-state index in [4.69, 9.17) is 0 Å². The maximum absolute atomic E-state index is 13.1. The molecular weight excluding hydrogens is 432 g/mol. The molecule has 0 unspecified atom stereocenters. The lowest BCUT2D eigenvalue weighted by atomic mass is 9.86. The maximum atomic E-state index is 13.1. The van der Waals surface area contributed by atoms with Gasteiger partial charge in [-0.15, -0.1) is 0 Å². The van der Waals surface area contributed by atoms with Crippen molar-refractivity contribution in [3.8, 4) is 22.4 Å². The van der Waals surface area contributed by atoms with Crippen molar-refractivity contribution in [1.82, 2.24) is 20.2 Å². The molecule has 2 aromatic heterocycles. The average molecular weight is 463 g/mol. The van der Waals surface area contributed by atoms with Crippen molar-refractivity contribution < 1.29 is 19.5 Å². The quantitative estimate of drug-likeness (QED) is 0.474. The zero-order valence-electron chi connectivity index (χ0n) is 19.8. The molecule has 0 radical (unpaired) electrons. The van der Waals surface area contributed by atoms with Crippen molar-refractivity contribution in [1.29, 1.82) is 0 Å². The number of amides is 2. The van der Waals surface area contributed by atoms with Crippen LogP contribution in [0.2, 0.25) is 0 Å². The summed E-state index contributed by atoms with van der Waals surface area (Å²) in [6.45, 7) is 5.51. The third-order valence-corrected chi connectivity index (χ3v) is 5.58. The molecule has 2 atom stereocenters. The van der Waals surface area contributed by atoms with Crippen LogP contribution in [0, 0.1) is 5.41 Å². The molecule has 0 aliphatic rings. The number of carbonyl (C=O) groups is 3. The zero-order valence-corrected chi connectivity index (χ0v) is 19.8. The predicted molar refractivity (Wildman–Crippen MR) is 130 cm³/mol. The first-order chi connectivity index (χ1) is 16.1. The standard InChI is InChI=1S/C26H30N4O4/c1-26(2,3)23(25(34)27-4)29-24(33)21(15-22(31)32)30-14-12-19(16-30)17-8-10-18(11-9-17)20-7-5-6-13-28-20/h5-14,16,21,23H,15H2,1-4H3,(H,27,34)(H,29,33)(H,31,32)/t21-,23-/m1/s1. The van der Waals surface area contributed by atoms with Gasteiger partial charge in [-0.3, -0.25) is 19.4 Å². The van der Waals surface area contributed by atoms with Crippen LogP contribution in [0.4, 0.5) is 0 Å². The normalized spacial score (nSPS) is 13.1. The van der Waals surface area contributed by atoms with E-state index in [-0.39, 0.29) is 5.91 Å². The summed E-state index contributed by atoms with van der Waals surface area (Å²) in [7, 11) is 1.50. The van der Waals surface area contributed by atoms with E-state index in [0.717, 1.165) is 22.4 Å². The van der Waals surface area contributed by atoms with E-state index in [0.29, 0.717) is 0 Å². The Labute approximate surface area is 199 Å². The number of carboxylic acids is 1. The van der Waals surface area contributed by atoms with Gasteiger partial charge in [-0.1, -0.05) is 51.1 Å². The lowest BCUT2D eigenvalue weighted by Crippen LogP contribution is -2.54. The maximum Gasteiger partial charge on any atom is 0.306 e. The number of nitrogens with one attached hydrogen (secondary N) is 2. The van der Waals surface area contributed by atoms with E-state index in [9.17, 15) is 19.5 Å². The Morgan fingerprint density at radius 3 is 2.21 bits per heavy atom. The summed E-state index contributed by atoms with van der Waals surface area (Å²) in [6.07, 6.45) is 4.75. The SMILES string of the molecule is CNC(=O)[C@@H](NC(=O)[C@@H](CC(=O)O)n1ccc(-c2ccc(-c3ccccn3)cc2)c1)C(C)(C)C. The first-order valence-electron chi connectivity index (χ1n) is 11.0. The van der Waals surface area contributed by atoms with Gasteiger partial charge in [0.15, 0.2) is 0 Å². The van der Waals surface area contributed by atoms with Crippen LogP contribution in [-0.2, 0) is 14.4 Å². The number of likely N-dealkylation sites (N-methyl/N-ethyl adjacent to an activating group) is 1. The van der Waals surface area contributed by atoms with Crippen molar-refractivity contribution in [3.63, 3.8) is 0 Å². The Morgan fingerprint density at radius 2 is 1.65 bits per heavy atom. The van der Waals surface area contributed by atoms with Crippen molar-refractivity contribution in [2.24, 2.45) is 5.41 Å². The number of nitrogens with zero attached hydrogens (tertiary/aromatic N) is 2. The van der Waals surface area contributed by atoms with Gasteiger partial charge in [0.25, 0.3) is 0 Å². The van der Waals surface area contributed by atoms with Crippen molar-refractivity contribution in [2.45, 2.75) is 39.3 Å². The van der Waals surface area contributed by atoms with Gasteiger partial charge in [-0.2, -0.15) is 0 Å². The Balaban J connectivity index is 1.84. The summed E-state index contributed by atoms with van der Waals surface area (Å²) in [5, 5.41) is 14.7. The van der Waals surface area contributed by atoms with Crippen LogP contribution in [0.15, 0.2) is 67.1 Å². The molecule has 0 spiro atoms. The van der Waals surface area contributed by atoms with Crippen molar-refractivity contribution in [3.05, 3.63) is 67.1 Å².